The number of halogens is 1. The van der Waals surface area contributed by atoms with Crippen molar-refractivity contribution in [2.45, 2.75) is 6.54 Å². The lowest BCUT2D eigenvalue weighted by Gasteiger charge is -2.17. The summed E-state index contributed by atoms with van der Waals surface area (Å²) in [6.45, 7) is 0.825. The molecule has 0 fully saturated rings. The Kier molecular flexibility index (Phi) is 3.23. The van der Waals surface area contributed by atoms with Gasteiger partial charge in [0.15, 0.2) is 0 Å². The number of rotatable bonds is 3. The van der Waals surface area contributed by atoms with Crippen molar-refractivity contribution in [3.05, 3.63) is 45.9 Å². The Morgan fingerprint density at radius 2 is 2.07 bits per heavy atom. The van der Waals surface area contributed by atoms with E-state index in [4.69, 9.17) is 11.6 Å². The van der Waals surface area contributed by atoms with Crippen molar-refractivity contribution < 1.29 is 0 Å². The summed E-state index contributed by atoms with van der Waals surface area (Å²) in [6, 6.07) is 7.81. The van der Waals surface area contributed by atoms with Crippen LogP contribution in [0.3, 0.4) is 0 Å². The van der Waals surface area contributed by atoms with Crippen molar-refractivity contribution in [2.75, 3.05) is 11.9 Å². The molecule has 1 aromatic carbocycles. The first-order chi connectivity index (χ1) is 7.25. The molecule has 15 heavy (non-hydrogen) atoms. The second kappa shape index (κ2) is 4.64. The molecule has 0 N–H and O–H groups in total. The predicted octanol–water partition coefficient (Wildman–Crippen LogP) is 3.43. The first-order valence-electron chi connectivity index (χ1n) is 4.59. The number of hydrogen-bond acceptors (Lipinski definition) is 3. The van der Waals surface area contributed by atoms with Gasteiger partial charge in [-0.25, -0.2) is 4.98 Å². The molecule has 0 aliphatic heterocycles. The summed E-state index contributed by atoms with van der Waals surface area (Å²) in [6.07, 6.45) is 0. The van der Waals surface area contributed by atoms with Crippen molar-refractivity contribution in [3.63, 3.8) is 0 Å². The van der Waals surface area contributed by atoms with E-state index in [1.807, 2.05) is 36.8 Å². The molecule has 78 valence electrons. The monoisotopic (exact) mass is 238 g/mol. The Hall–Kier alpha value is -1.06. The molecule has 0 unspecified atom stereocenters. The highest BCUT2D eigenvalue weighted by Crippen LogP contribution is 2.18. The lowest BCUT2D eigenvalue weighted by Crippen LogP contribution is -2.16. The van der Waals surface area contributed by atoms with Crippen molar-refractivity contribution in [3.8, 4) is 0 Å². The molecule has 1 aromatic heterocycles. The van der Waals surface area contributed by atoms with Crippen LogP contribution in [0.2, 0.25) is 5.02 Å². The number of nitrogens with zero attached hydrogens (tertiary/aromatic N) is 2. The molecule has 0 bridgehead atoms. The van der Waals surface area contributed by atoms with Crippen LogP contribution < -0.4 is 4.90 Å². The smallest absolute Gasteiger partial charge is 0.0795 e. The molecule has 0 saturated heterocycles. The van der Waals surface area contributed by atoms with Gasteiger partial charge in [-0.15, -0.1) is 11.3 Å². The zero-order valence-electron chi connectivity index (χ0n) is 8.35. The van der Waals surface area contributed by atoms with Crippen molar-refractivity contribution in [2.24, 2.45) is 0 Å². The molecule has 0 radical (unpaired) electrons. The molecule has 0 spiro atoms. The minimum atomic E-state index is 0.765. The number of aromatic nitrogens is 1. The van der Waals surface area contributed by atoms with Crippen LogP contribution in [0.15, 0.2) is 35.2 Å². The maximum atomic E-state index is 5.83. The molecule has 0 amide bonds. The zero-order chi connectivity index (χ0) is 10.7. The van der Waals surface area contributed by atoms with Crippen LogP contribution in [-0.2, 0) is 6.54 Å². The molecule has 1 heterocycles. The Labute approximate surface area is 98.1 Å². The number of benzene rings is 1. The fourth-order valence-electron chi connectivity index (χ4n) is 1.35. The van der Waals surface area contributed by atoms with Gasteiger partial charge in [-0.05, 0) is 24.3 Å². The Morgan fingerprint density at radius 1 is 1.33 bits per heavy atom. The van der Waals surface area contributed by atoms with E-state index in [0.717, 1.165) is 22.9 Å². The van der Waals surface area contributed by atoms with Gasteiger partial charge in [0.25, 0.3) is 0 Å². The number of anilines is 1. The van der Waals surface area contributed by atoms with Gasteiger partial charge in [0.05, 0.1) is 17.7 Å². The quantitative estimate of drug-likeness (QED) is 0.815. The van der Waals surface area contributed by atoms with E-state index in [1.54, 1.807) is 11.3 Å². The van der Waals surface area contributed by atoms with Gasteiger partial charge in [0, 0.05) is 23.1 Å². The second-order valence-corrected chi connectivity index (χ2v) is 4.47. The lowest BCUT2D eigenvalue weighted by molar-refractivity contribution is 0.895. The van der Waals surface area contributed by atoms with Crippen LogP contribution in [0, 0.1) is 0 Å². The van der Waals surface area contributed by atoms with Gasteiger partial charge < -0.3 is 4.90 Å². The molecule has 0 atom stereocenters. The highest BCUT2D eigenvalue weighted by Gasteiger charge is 2.02. The average Bonchev–Trinajstić information content (AvgIpc) is 2.71. The largest absolute Gasteiger partial charge is 0.369 e. The Morgan fingerprint density at radius 3 is 2.67 bits per heavy atom. The maximum Gasteiger partial charge on any atom is 0.0795 e. The summed E-state index contributed by atoms with van der Waals surface area (Å²) in [5.74, 6) is 0. The molecule has 4 heteroatoms. The van der Waals surface area contributed by atoms with Crippen LogP contribution in [0.25, 0.3) is 0 Å². The van der Waals surface area contributed by atoms with E-state index in [0.29, 0.717) is 0 Å². The fourth-order valence-corrected chi connectivity index (χ4v) is 2.02. The third-order valence-corrected chi connectivity index (χ3v) is 3.04. The lowest BCUT2D eigenvalue weighted by atomic mass is 10.3. The van der Waals surface area contributed by atoms with Crippen LogP contribution in [0.5, 0.6) is 0 Å². The molecular weight excluding hydrogens is 228 g/mol. The predicted molar refractivity (Wildman–Crippen MR) is 65.7 cm³/mol. The number of thiazole rings is 1. The third-order valence-electron chi connectivity index (χ3n) is 2.15. The van der Waals surface area contributed by atoms with Crippen molar-refractivity contribution in [1.82, 2.24) is 4.98 Å². The summed E-state index contributed by atoms with van der Waals surface area (Å²) < 4.78 is 0. The van der Waals surface area contributed by atoms with E-state index < -0.39 is 0 Å². The van der Waals surface area contributed by atoms with Gasteiger partial charge in [-0.1, -0.05) is 11.6 Å². The summed E-state index contributed by atoms with van der Waals surface area (Å²) in [5.41, 5.74) is 4.09. The molecule has 0 aliphatic carbocycles. The summed E-state index contributed by atoms with van der Waals surface area (Å²) in [7, 11) is 2.04. The van der Waals surface area contributed by atoms with Crippen LogP contribution >= 0.6 is 22.9 Å². The van der Waals surface area contributed by atoms with Gasteiger partial charge in [-0.3, -0.25) is 0 Å². The van der Waals surface area contributed by atoms with Crippen molar-refractivity contribution in [1.29, 1.82) is 0 Å². The van der Waals surface area contributed by atoms with E-state index >= 15 is 0 Å². The SMILES string of the molecule is CN(Cc1cscn1)c1ccc(Cl)cc1. The fraction of sp³-hybridized carbons (Fsp3) is 0.182. The summed E-state index contributed by atoms with van der Waals surface area (Å²) >= 11 is 7.45. The maximum absolute atomic E-state index is 5.83. The third kappa shape index (κ3) is 2.70. The second-order valence-electron chi connectivity index (χ2n) is 3.31. The minimum Gasteiger partial charge on any atom is -0.369 e. The standard InChI is InChI=1S/C11H11ClN2S/c1-14(6-10-7-15-8-13-10)11-4-2-9(12)3-5-11/h2-5,7-8H,6H2,1H3. The molecule has 2 rings (SSSR count). The minimum absolute atomic E-state index is 0.765. The molecule has 0 aliphatic rings. The molecule has 2 nitrogen and oxygen atoms in total. The average molecular weight is 239 g/mol. The van der Waals surface area contributed by atoms with Gasteiger partial charge in [0.2, 0.25) is 0 Å². The Bertz CT molecular complexity index is 411. The highest BCUT2D eigenvalue weighted by atomic mass is 35.5. The van der Waals surface area contributed by atoms with E-state index in [1.165, 1.54) is 0 Å². The van der Waals surface area contributed by atoms with Gasteiger partial charge >= 0.3 is 0 Å². The summed E-state index contributed by atoms with van der Waals surface area (Å²) in [4.78, 5) is 6.39. The van der Waals surface area contributed by atoms with E-state index in [2.05, 4.69) is 15.3 Å². The van der Waals surface area contributed by atoms with Crippen molar-refractivity contribution >= 4 is 28.6 Å². The van der Waals surface area contributed by atoms with E-state index in [9.17, 15) is 0 Å². The van der Waals surface area contributed by atoms with E-state index in [-0.39, 0.29) is 0 Å². The van der Waals surface area contributed by atoms with Gasteiger partial charge in [0.1, 0.15) is 0 Å². The first kappa shape index (κ1) is 10.5. The highest BCUT2D eigenvalue weighted by molar-refractivity contribution is 7.07. The zero-order valence-corrected chi connectivity index (χ0v) is 9.92. The Balaban J connectivity index is 2.08. The van der Waals surface area contributed by atoms with Crippen LogP contribution in [0.1, 0.15) is 5.69 Å². The van der Waals surface area contributed by atoms with Crippen LogP contribution in [-0.4, -0.2) is 12.0 Å². The van der Waals surface area contributed by atoms with Gasteiger partial charge in [-0.2, -0.15) is 0 Å². The first-order valence-corrected chi connectivity index (χ1v) is 5.91. The number of hydrogen-bond donors (Lipinski definition) is 0. The topological polar surface area (TPSA) is 16.1 Å². The molecular formula is C11H11ClN2S. The normalized spacial score (nSPS) is 10.3. The molecule has 2 aromatic rings. The van der Waals surface area contributed by atoms with Crippen LogP contribution in [0.4, 0.5) is 5.69 Å². The summed E-state index contributed by atoms with van der Waals surface area (Å²) in [5, 5.41) is 2.83. The molecule has 0 saturated carbocycles.